The van der Waals surface area contributed by atoms with Crippen molar-refractivity contribution in [1.29, 1.82) is 0 Å². The minimum absolute atomic E-state index is 0.0356. The predicted molar refractivity (Wildman–Crippen MR) is 83.7 cm³/mol. The molecule has 1 saturated carbocycles. The maximum absolute atomic E-state index is 12.6. The van der Waals surface area contributed by atoms with Gasteiger partial charge in [-0.3, -0.25) is 9.59 Å². The molecule has 2 atom stereocenters. The number of carbonyl (C=O) groups excluding carboxylic acids is 1. The molecule has 5 heteroatoms. The van der Waals surface area contributed by atoms with Gasteiger partial charge >= 0.3 is 5.97 Å². The van der Waals surface area contributed by atoms with E-state index in [0.29, 0.717) is 19.4 Å². The lowest BCUT2D eigenvalue weighted by molar-refractivity contribution is -0.157. The van der Waals surface area contributed by atoms with Crippen molar-refractivity contribution in [1.82, 2.24) is 4.90 Å². The smallest absolute Gasteiger partial charge is 0.307 e. The molecule has 114 valence electrons. The number of rotatable bonds is 5. The third-order valence-corrected chi connectivity index (χ3v) is 4.61. The van der Waals surface area contributed by atoms with Gasteiger partial charge in [0, 0.05) is 17.1 Å². The van der Waals surface area contributed by atoms with Crippen LogP contribution in [-0.2, 0) is 16.1 Å². The summed E-state index contributed by atoms with van der Waals surface area (Å²) in [7, 11) is 0. The Kier molecular flexibility index (Phi) is 5.04. The highest BCUT2D eigenvalue weighted by Gasteiger charge is 2.43. The van der Waals surface area contributed by atoms with E-state index in [1.807, 2.05) is 38.1 Å². The Morgan fingerprint density at radius 1 is 1.24 bits per heavy atom. The molecule has 2 rings (SSSR count). The Bertz CT molecular complexity index is 527. The molecule has 4 nitrogen and oxygen atoms in total. The zero-order valence-electron chi connectivity index (χ0n) is 12.3. The topological polar surface area (TPSA) is 57.6 Å². The van der Waals surface area contributed by atoms with Gasteiger partial charge in [0.05, 0.1) is 11.8 Å². The van der Waals surface area contributed by atoms with Crippen molar-refractivity contribution in [3.63, 3.8) is 0 Å². The van der Waals surface area contributed by atoms with Gasteiger partial charge in [-0.05, 0) is 44.4 Å². The highest BCUT2D eigenvalue weighted by molar-refractivity contribution is 9.10. The number of aliphatic carboxylic acids is 1. The number of nitrogens with zero attached hydrogens (tertiary/aromatic N) is 1. The van der Waals surface area contributed by atoms with Crippen LogP contribution in [0.3, 0.4) is 0 Å². The Balaban J connectivity index is 2.10. The van der Waals surface area contributed by atoms with Gasteiger partial charge < -0.3 is 10.0 Å². The average Bonchev–Trinajstić information content (AvgIpc) is 2.35. The molecule has 0 spiro atoms. The highest BCUT2D eigenvalue weighted by atomic mass is 79.9. The zero-order chi connectivity index (χ0) is 15.6. The van der Waals surface area contributed by atoms with Gasteiger partial charge in [-0.1, -0.05) is 28.1 Å². The van der Waals surface area contributed by atoms with Crippen LogP contribution >= 0.6 is 15.9 Å². The van der Waals surface area contributed by atoms with E-state index in [9.17, 15) is 9.59 Å². The quantitative estimate of drug-likeness (QED) is 0.883. The van der Waals surface area contributed by atoms with Crippen LogP contribution in [0.5, 0.6) is 0 Å². The molecule has 1 aliphatic carbocycles. The number of hydrogen-bond acceptors (Lipinski definition) is 2. The van der Waals surface area contributed by atoms with E-state index in [2.05, 4.69) is 15.9 Å². The number of carboxylic acid groups (broad SMARTS) is 1. The first-order valence-electron chi connectivity index (χ1n) is 7.18. The third kappa shape index (κ3) is 3.64. The Morgan fingerprint density at radius 3 is 2.24 bits per heavy atom. The average molecular weight is 354 g/mol. The molecular weight excluding hydrogens is 334 g/mol. The van der Waals surface area contributed by atoms with E-state index in [1.54, 1.807) is 4.90 Å². The normalized spacial score (nSPS) is 21.0. The van der Waals surface area contributed by atoms with Crippen LogP contribution in [0.1, 0.15) is 32.3 Å². The van der Waals surface area contributed by atoms with Crippen molar-refractivity contribution in [2.75, 3.05) is 0 Å². The summed E-state index contributed by atoms with van der Waals surface area (Å²) < 4.78 is 0.999. The molecule has 0 bridgehead atoms. The van der Waals surface area contributed by atoms with Crippen molar-refractivity contribution >= 4 is 27.8 Å². The molecule has 2 unspecified atom stereocenters. The molecule has 1 amide bonds. The Hall–Kier alpha value is -1.36. The largest absolute Gasteiger partial charge is 0.481 e. The fraction of sp³-hybridized carbons (Fsp3) is 0.500. The second-order valence-corrected chi connectivity index (χ2v) is 6.73. The first kappa shape index (κ1) is 16.0. The number of amides is 1. The summed E-state index contributed by atoms with van der Waals surface area (Å²) in [4.78, 5) is 25.5. The second-order valence-electron chi connectivity index (χ2n) is 5.81. The number of carboxylic acids is 1. The summed E-state index contributed by atoms with van der Waals surface area (Å²) >= 11 is 3.39. The fourth-order valence-electron chi connectivity index (χ4n) is 2.61. The SMILES string of the molecule is CC(C)N(Cc1ccc(Br)cc1)C(=O)C1CCC1C(=O)O. The number of hydrogen-bond donors (Lipinski definition) is 1. The van der Waals surface area contributed by atoms with Crippen molar-refractivity contribution in [2.24, 2.45) is 11.8 Å². The van der Waals surface area contributed by atoms with Crippen LogP contribution in [0.15, 0.2) is 28.7 Å². The lowest BCUT2D eigenvalue weighted by Crippen LogP contribution is -2.48. The first-order valence-corrected chi connectivity index (χ1v) is 7.97. The molecule has 0 heterocycles. The van der Waals surface area contributed by atoms with Crippen LogP contribution in [0.2, 0.25) is 0 Å². The molecule has 0 aromatic heterocycles. The monoisotopic (exact) mass is 353 g/mol. The minimum atomic E-state index is -0.855. The van der Waals surface area contributed by atoms with Crippen molar-refractivity contribution in [3.8, 4) is 0 Å². The summed E-state index contributed by atoms with van der Waals surface area (Å²) in [5, 5.41) is 9.12. The van der Waals surface area contributed by atoms with Crippen LogP contribution in [0.25, 0.3) is 0 Å². The zero-order valence-corrected chi connectivity index (χ0v) is 13.8. The molecule has 1 aliphatic rings. The van der Waals surface area contributed by atoms with Gasteiger partial charge in [0.15, 0.2) is 0 Å². The lowest BCUT2D eigenvalue weighted by atomic mass is 9.72. The first-order chi connectivity index (χ1) is 9.90. The standard InChI is InChI=1S/C16H20BrNO3/c1-10(2)18(9-11-3-5-12(17)6-4-11)15(19)13-7-8-14(13)16(20)21/h3-6,10,13-14H,7-9H2,1-2H3,(H,20,21). The van der Waals surface area contributed by atoms with E-state index in [1.165, 1.54) is 0 Å². The van der Waals surface area contributed by atoms with Crippen molar-refractivity contribution in [3.05, 3.63) is 34.3 Å². The summed E-state index contributed by atoms with van der Waals surface area (Å²) in [5.41, 5.74) is 1.05. The van der Waals surface area contributed by atoms with Gasteiger partial charge in [0.25, 0.3) is 0 Å². The number of carbonyl (C=O) groups is 2. The van der Waals surface area contributed by atoms with E-state index < -0.39 is 11.9 Å². The van der Waals surface area contributed by atoms with E-state index in [4.69, 9.17) is 5.11 Å². The summed E-state index contributed by atoms with van der Waals surface area (Å²) in [6, 6.07) is 7.89. The van der Waals surface area contributed by atoms with Crippen LogP contribution in [0, 0.1) is 11.8 Å². The van der Waals surface area contributed by atoms with Crippen LogP contribution in [0.4, 0.5) is 0 Å². The molecule has 0 saturated heterocycles. The summed E-state index contributed by atoms with van der Waals surface area (Å²) in [6.45, 7) is 4.45. The minimum Gasteiger partial charge on any atom is -0.481 e. The Morgan fingerprint density at radius 2 is 1.81 bits per heavy atom. The second kappa shape index (κ2) is 6.60. The maximum atomic E-state index is 12.6. The molecule has 0 radical (unpaired) electrons. The van der Waals surface area contributed by atoms with Gasteiger partial charge in [-0.25, -0.2) is 0 Å². The number of benzene rings is 1. The third-order valence-electron chi connectivity index (χ3n) is 4.08. The molecular formula is C16H20BrNO3. The van der Waals surface area contributed by atoms with Gasteiger partial charge in [-0.2, -0.15) is 0 Å². The molecule has 0 aliphatic heterocycles. The van der Waals surface area contributed by atoms with Crippen molar-refractivity contribution < 1.29 is 14.7 Å². The van der Waals surface area contributed by atoms with Gasteiger partial charge in [0.1, 0.15) is 0 Å². The lowest BCUT2D eigenvalue weighted by Gasteiger charge is -2.38. The maximum Gasteiger partial charge on any atom is 0.307 e. The van der Waals surface area contributed by atoms with E-state index in [-0.39, 0.29) is 17.9 Å². The predicted octanol–water partition coefficient (Wildman–Crippen LogP) is 3.30. The van der Waals surface area contributed by atoms with E-state index in [0.717, 1.165) is 10.0 Å². The van der Waals surface area contributed by atoms with Crippen molar-refractivity contribution in [2.45, 2.75) is 39.3 Å². The van der Waals surface area contributed by atoms with E-state index >= 15 is 0 Å². The number of halogens is 1. The van der Waals surface area contributed by atoms with Crippen LogP contribution in [-0.4, -0.2) is 27.9 Å². The Labute approximate surface area is 133 Å². The molecule has 1 N–H and O–H groups in total. The summed E-state index contributed by atoms with van der Waals surface area (Å²) in [6.07, 6.45) is 1.29. The molecule has 1 aromatic carbocycles. The molecule has 1 fully saturated rings. The highest BCUT2D eigenvalue weighted by Crippen LogP contribution is 2.36. The molecule has 1 aromatic rings. The van der Waals surface area contributed by atoms with Gasteiger partial charge in [-0.15, -0.1) is 0 Å². The molecule has 21 heavy (non-hydrogen) atoms. The van der Waals surface area contributed by atoms with Crippen LogP contribution < -0.4 is 0 Å². The van der Waals surface area contributed by atoms with Gasteiger partial charge in [0.2, 0.25) is 5.91 Å². The fourth-order valence-corrected chi connectivity index (χ4v) is 2.87. The summed E-state index contributed by atoms with van der Waals surface area (Å²) in [5.74, 6) is -1.76.